The first kappa shape index (κ1) is 14.0. The minimum atomic E-state index is -0.0832. The van der Waals surface area contributed by atoms with Gasteiger partial charge in [0.1, 0.15) is 0 Å². The van der Waals surface area contributed by atoms with Gasteiger partial charge < -0.3 is 9.80 Å². The molecule has 0 radical (unpaired) electrons. The van der Waals surface area contributed by atoms with E-state index in [0.717, 1.165) is 24.3 Å². The SMILES string of the molecule is CN(C)C1CN(C(=O)Nc2nc(-c3cccnc3)cs2)C1. The van der Waals surface area contributed by atoms with E-state index in [1.807, 2.05) is 31.6 Å². The van der Waals surface area contributed by atoms with Gasteiger partial charge in [0.05, 0.1) is 5.69 Å². The van der Waals surface area contributed by atoms with Gasteiger partial charge in [-0.1, -0.05) is 0 Å². The average Bonchev–Trinajstić information content (AvgIpc) is 2.86. The molecule has 1 N–H and O–H groups in total. The Hall–Kier alpha value is -1.99. The summed E-state index contributed by atoms with van der Waals surface area (Å²) in [5.41, 5.74) is 1.78. The third-order valence-electron chi connectivity index (χ3n) is 3.56. The standard InChI is InChI=1S/C14H17N5OS/c1-18(2)11-7-19(8-11)14(20)17-13-16-12(9-21-13)10-4-3-5-15-6-10/h3-6,9,11H,7-8H2,1-2H3,(H,16,17,20). The first-order valence-electron chi connectivity index (χ1n) is 6.72. The summed E-state index contributed by atoms with van der Waals surface area (Å²) in [4.78, 5) is 24.5. The Labute approximate surface area is 127 Å². The van der Waals surface area contributed by atoms with Gasteiger partial charge in [-0.15, -0.1) is 11.3 Å². The molecule has 6 nitrogen and oxygen atoms in total. The fourth-order valence-corrected chi connectivity index (χ4v) is 2.81. The number of hydrogen-bond donors (Lipinski definition) is 1. The van der Waals surface area contributed by atoms with Crippen LogP contribution in [0.4, 0.5) is 9.93 Å². The molecule has 0 aromatic carbocycles. The van der Waals surface area contributed by atoms with Crippen LogP contribution in [0.2, 0.25) is 0 Å². The number of likely N-dealkylation sites (tertiary alicyclic amines) is 1. The zero-order valence-electron chi connectivity index (χ0n) is 12.0. The number of carbonyl (C=O) groups excluding carboxylic acids is 1. The van der Waals surface area contributed by atoms with Crippen LogP contribution in [0, 0.1) is 0 Å². The van der Waals surface area contributed by atoms with E-state index in [2.05, 4.69) is 20.2 Å². The second-order valence-corrected chi connectivity index (χ2v) is 6.09. The third kappa shape index (κ3) is 3.03. The van der Waals surface area contributed by atoms with Gasteiger partial charge in [-0.25, -0.2) is 9.78 Å². The van der Waals surface area contributed by atoms with Crippen LogP contribution in [0.5, 0.6) is 0 Å². The van der Waals surface area contributed by atoms with Crippen molar-refractivity contribution in [2.45, 2.75) is 6.04 Å². The van der Waals surface area contributed by atoms with Crippen LogP contribution in [-0.4, -0.2) is 59.0 Å². The zero-order valence-corrected chi connectivity index (χ0v) is 12.8. The summed E-state index contributed by atoms with van der Waals surface area (Å²) in [5, 5.41) is 5.39. The Morgan fingerprint density at radius 1 is 1.48 bits per heavy atom. The summed E-state index contributed by atoms with van der Waals surface area (Å²) in [5.74, 6) is 0. The number of rotatable bonds is 3. The Bertz CT molecular complexity index is 621. The molecule has 3 rings (SSSR count). The van der Waals surface area contributed by atoms with Crippen molar-refractivity contribution in [1.29, 1.82) is 0 Å². The van der Waals surface area contributed by atoms with Crippen molar-refractivity contribution >= 4 is 22.5 Å². The number of anilines is 1. The topological polar surface area (TPSA) is 61.4 Å². The van der Waals surface area contributed by atoms with Crippen molar-refractivity contribution < 1.29 is 4.79 Å². The number of hydrogen-bond acceptors (Lipinski definition) is 5. The predicted octanol–water partition coefficient (Wildman–Crippen LogP) is 1.98. The lowest BCUT2D eigenvalue weighted by molar-refractivity contribution is 0.0942. The molecule has 2 aromatic heterocycles. The monoisotopic (exact) mass is 303 g/mol. The maximum atomic E-state index is 12.1. The molecule has 1 fully saturated rings. The van der Waals surface area contributed by atoms with Crippen LogP contribution in [0.15, 0.2) is 29.9 Å². The molecule has 1 aliphatic rings. The van der Waals surface area contributed by atoms with Crippen molar-refractivity contribution in [2.75, 3.05) is 32.5 Å². The summed E-state index contributed by atoms with van der Waals surface area (Å²) < 4.78 is 0. The van der Waals surface area contributed by atoms with Gasteiger partial charge in [0.25, 0.3) is 0 Å². The highest BCUT2D eigenvalue weighted by atomic mass is 32.1. The first-order valence-corrected chi connectivity index (χ1v) is 7.60. The van der Waals surface area contributed by atoms with Crippen molar-refractivity contribution in [3.8, 4) is 11.3 Å². The molecule has 1 saturated heterocycles. The highest BCUT2D eigenvalue weighted by Crippen LogP contribution is 2.24. The van der Waals surface area contributed by atoms with Gasteiger partial charge in [-0.05, 0) is 26.2 Å². The molecule has 21 heavy (non-hydrogen) atoms. The second-order valence-electron chi connectivity index (χ2n) is 5.23. The summed E-state index contributed by atoms with van der Waals surface area (Å²) in [6.07, 6.45) is 3.49. The van der Waals surface area contributed by atoms with Crippen LogP contribution in [0.1, 0.15) is 0 Å². The molecule has 0 unspecified atom stereocenters. The van der Waals surface area contributed by atoms with Gasteiger partial charge in [-0.3, -0.25) is 10.3 Å². The van der Waals surface area contributed by atoms with E-state index >= 15 is 0 Å². The summed E-state index contributed by atoms with van der Waals surface area (Å²) in [7, 11) is 4.06. The van der Waals surface area contributed by atoms with E-state index in [9.17, 15) is 4.79 Å². The van der Waals surface area contributed by atoms with Crippen molar-refractivity contribution in [1.82, 2.24) is 19.8 Å². The predicted molar refractivity (Wildman–Crippen MR) is 83.4 cm³/mol. The van der Waals surface area contributed by atoms with Crippen LogP contribution in [0.25, 0.3) is 11.3 Å². The summed E-state index contributed by atoms with van der Waals surface area (Å²) in [6.45, 7) is 1.53. The Morgan fingerprint density at radius 2 is 2.29 bits per heavy atom. The molecular formula is C14H17N5OS. The van der Waals surface area contributed by atoms with Crippen molar-refractivity contribution in [2.24, 2.45) is 0 Å². The molecule has 0 spiro atoms. The molecule has 1 aliphatic heterocycles. The van der Waals surface area contributed by atoms with E-state index in [4.69, 9.17) is 0 Å². The van der Waals surface area contributed by atoms with Crippen molar-refractivity contribution in [3.05, 3.63) is 29.9 Å². The lowest BCUT2D eigenvalue weighted by atomic mass is 10.1. The highest BCUT2D eigenvalue weighted by Gasteiger charge is 2.32. The van der Waals surface area contributed by atoms with Crippen LogP contribution < -0.4 is 5.32 Å². The molecule has 0 bridgehead atoms. The van der Waals surface area contributed by atoms with Crippen molar-refractivity contribution in [3.63, 3.8) is 0 Å². The number of nitrogens with one attached hydrogen (secondary N) is 1. The quantitative estimate of drug-likeness (QED) is 0.942. The highest BCUT2D eigenvalue weighted by molar-refractivity contribution is 7.14. The van der Waals surface area contributed by atoms with E-state index in [1.54, 1.807) is 17.3 Å². The molecule has 0 aliphatic carbocycles. The molecular weight excluding hydrogens is 286 g/mol. The smallest absolute Gasteiger partial charge is 0.321 e. The lowest BCUT2D eigenvalue weighted by Gasteiger charge is -2.42. The number of nitrogens with zero attached hydrogens (tertiary/aromatic N) is 4. The van der Waals surface area contributed by atoms with Crippen LogP contribution in [0.3, 0.4) is 0 Å². The van der Waals surface area contributed by atoms with Gasteiger partial charge in [0, 0.05) is 42.5 Å². The number of likely N-dealkylation sites (N-methyl/N-ethyl adjacent to an activating group) is 1. The normalized spacial score (nSPS) is 15.1. The molecule has 7 heteroatoms. The molecule has 2 amide bonds. The average molecular weight is 303 g/mol. The van der Waals surface area contributed by atoms with Crippen LogP contribution >= 0.6 is 11.3 Å². The fraction of sp³-hybridized carbons (Fsp3) is 0.357. The number of aromatic nitrogens is 2. The summed E-state index contributed by atoms with van der Waals surface area (Å²) >= 11 is 1.42. The molecule has 0 atom stereocenters. The number of thiazole rings is 1. The maximum Gasteiger partial charge on any atom is 0.323 e. The Kier molecular flexibility index (Phi) is 3.85. The number of urea groups is 1. The van der Waals surface area contributed by atoms with Crippen LogP contribution in [-0.2, 0) is 0 Å². The summed E-state index contributed by atoms with van der Waals surface area (Å²) in [6, 6.07) is 4.19. The fourth-order valence-electron chi connectivity index (χ4n) is 2.10. The first-order chi connectivity index (χ1) is 10.1. The number of pyridine rings is 1. The molecule has 0 saturated carbocycles. The van der Waals surface area contributed by atoms with Gasteiger partial charge in [0.2, 0.25) is 0 Å². The van der Waals surface area contributed by atoms with Gasteiger partial charge >= 0.3 is 6.03 Å². The van der Waals surface area contributed by atoms with E-state index < -0.39 is 0 Å². The lowest BCUT2D eigenvalue weighted by Crippen LogP contribution is -2.60. The molecule has 2 aromatic rings. The largest absolute Gasteiger partial charge is 0.323 e. The van der Waals surface area contributed by atoms with Gasteiger partial charge in [-0.2, -0.15) is 0 Å². The van der Waals surface area contributed by atoms with E-state index in [0.29, 0.717) is 11.2 Å². The number of amides is 2. The Balaban J connectivity index is 1.59. The Morgan fingerprint density at radius 3 is 2.95 bits per heavy atom. The number of carbonyl (C=O) groups is 1. The minimum absolute atomic E-state index is 0.0832. The maximum absolute atomic E-state index is 12.1. The van der Waals surface area contributed by atoms with E-state index in [1.165, 1.54) is 11.3 Å². The molecule has 110 valence electrons. The molecule has 3 heterocycles. The third-order valence-corrected chi connectivity index (χ3v) is 4.31. The minimum Gasteiger partial charge on any atom is -0.321 e. The second kappa shape index (κ2) is 5.79. The van der Waals surface area contributed by atoms with E-state index in [-0.39, 0.29) is 6.03 Å². The zero-order chi connectivity index (χ0) is 14.8. The van der Waals surface area contributed by atoms with Gasteiger partial charge in [0.15, 0.2) is 5.13 Å².